The molecule has 3 aromatic carbocycles. The van der Waals surface area contributed by atoms with Gasteiger partial charge in [0.05, 0.1) is 20.8 Å². The zero-order valence-electron chi connectivity index (χ0n) is 23.9. The summed E-state index contributed by atoms with van der Waals surface area (Å²) in [5.74, 6) is 6.57. The summed E-state index contributed by atoms with van der Waals surface area (Å²) in [4.78, 5) is 27.0. The van der Waals surface area contributed by atoms with Gasteiger partial charge in [0, 0.05) is 6.20 Å². The second-order valence-corrected chi connectivity index (χ2v) is 9.95. The van der Waals surface area contributed by atoms with Crippen LogP contribution in [-0.4, -0.2) is 58.9 Å². The molecule has 3 N–H and O–H groups in total. The van der Waals surface area contributed by atoms with Crippen molar-refractivity contribution in [3.63, 3.8) is 0 Å². The van der Waals surface area contributed by atoms with Gasteiger partial charge in [0.25, 0.3) is 5.56 Å². The SMILES string of the molecule is CC#Cc1cn([C@@H]2O[C@H](COC(c3ccccc3)(c3ccc(OC)cc3)c3ccc(OC)cc3)[C@@H](O)[C@H]2O)c(=O)[nH]c1=O. The predicted molar refractivity (Wildman–Crippen MR) is 158 cm³/mol. The second-order valence-electron chi connectivity index (χ2n) is 9.95. The van der Waals surface area contributed by atoms with Crippen LogP contribution in [0.15, 0.2) is 94.6 Å². The number of hydrogen-bond acceptors (Lipinski definition) is 8. The summed E-state index contributed by atoms with van der Waals surface area (Å²) in [5.41, 5.74) is -0.286. The van der Waals surface area contributed by atoms with E-state index in [-0.39, 0.29) is 12.2 Å². The molecule has 1 aromatic heterocycles. The predicted octanol–water partition coefficient (Wildman–Crippen LogP) is 2.55. The van der Waals surface area contributed by atoms with Crippen LogP contribution in [0.3, 0.4) is 0 Å². The maximum Gasteiger partial charge on any atom is 0.330 e. The van der Waals surface area contributed by atoms with Crippen LogP contribution >= 0.6 is 0 Å². The molecule has 0 radical (unpaired) electrons. The Balaban J connectivity index is 1.56. The molecule has 2 heterocycles. The highest BCUT2D eigenvalue weighted by molar-refractivity contribution is 5.49. The molecule has 4 aromatic rings. The summed E-state index contributed by atoms with van der Waals surface area (Å²) in [6.07, 6.45) is -4.03. The molecule has 0 spiro atoms. The Hall–Kier alpha value is -4.66. The molecular formula is C33H32N2O8. The molecule has 0 unspecified atom stereocenters. The first kappa shape index (κ1) is 29.8. The number of hydrogen-bond donors (Lipinski definition) is 3. The maximum absolute atomic E-state index is 12.7. The van der Waals surface area contributed by atoms with Gasteiger partial charge in [-0.2, -0.15) is 0 Å². The van der Waals surface area contributed by atoms with Crippen molar-refractivity contribution in [2.24, 2.45) is 0 Å². The molecule has 4 atom stereocenters. The first-order valence-corrected chi connectivity index (χ1v) is 13.6. The average Bonchev–Trinajstić information content (AvgIpc) is 3.32. The lowest BCUT2D eigenvalue weighted by Gasteiger charge is -2.37. The van der Waals surface area contributed by atoms with Crippen LogP contribution in [-0.2, 0) is 15.1 Å². The summed E-state index contributed by atoms with van der Waals surface area (Å²) in [6, 6.07) is 24.5. The van der Waals surface area contributed by atoms with E-state index in [2.05, 4.69) is 16.8 Å². The van der Waals surface area contributed by atoms with Crippen molar-refractivity contribution in [2.45, 2.75) is 37.1 Å². The van der Waals surface area contributed by atoms with Gasteiger partial charge in [0.15, 0.2) is 6.23 Å². The Kier molecular flexibility index (Phi) is 8.80. The van der Waals surface area contributed by atoms with Crippen molar-refractivity contribution in [1.82, 2.24) is 9.55 Å². The fraction of sp³-hybridized carbons (Fsp3) is 0.273. The molecule has 0 saturated carbocycles. The third-order valence-electron chi connectivity index (χ3n) is 7.48. The Labute approximate surface area is 248 Å². The van der Waals surface area contributed by atoms with E-state index >= 15 is 0 Å². The number of aliphatic hydroxyl groups excluding tert-OH is 2. The fourth-order valence-electron chi connectivity index (χ4n) is 5.28. The third-order valence-corrected chi connectivity index (χ3v) is 7.48. The zero-order valence-corrected chi connectivity index (χ0v) is 23.9. The van der Waals surface area contributed by atoms with E-state index in [4.69, 9.17) is 18.9 Å². The molecule has 1 aliphatic rings. The molecular weight excluding hydrogens is 552 g/mol. The van der Waals surface area contributed by atoms with Crippen molar-refractivity contribution in [2.75, 3.05) is 20.8 Å². The van der Waals surface area contributed by atoms with E-state index in [1.54, 1.807) is 21.1 Å². The minimum atomic E-state index is -1.49. The minimum Gasteiger partial charge on any atom is -0.497 e. The second kappa shape index (κ2) is 12.7. The smallest absolute Gasteiger partial charge is 0.330 e. The Morgan fingerprint density at radius 2 is 1.42 bits per heavy atom. The van der Waals surface area contributed by atoms with E-state index < -0.39 is 41.4 Å². The van der Waals surface area contributed by atoms with Gasteiger partial charge < -0.3 is 29.2 Å². The quantitative estimate of drug-likeness (QED) is 0.202. The lowest BCUT2D eigenvalue weighted by Crippen LogP contribution is -2.40. The summed E-state index contributed by atoms with van der Waals surface area (Å²) in [7, 11) is 3.18. The number of benzene rings is 3. The molecule has 43 heavy (non-hydrogen) atoms. The maximum atomic E-state index is 12.7. The summed E-state index contributed by atoms with van der Waals surface area (Å²) in [6.45, 7) is 1.37. The van der Waals surface area contributed by atoms with Crippen molar-refractivity contribution in [3.05, 3.63) is 128 Å². The van der Waals surface area contributed by atoms with Gasteiger partial charge in [-0.3, -0.25) is 14.3 Å². The normalized spacial score (nSPS) is 19.8. The van der Waals surface area contributed by atoms with Crippen molar-refractivity contribution < 1.29 is 29.2 Å². The number of nitrogens with zero attached hydrogens (tertiary/aromatic N) is 1. The van der Waals surface area contributed by atoms with Crippen molar-refractivity contribution in [3.8, 4) is 23.3 Å². The number of H-pyrrole nitrogens is 1. The van der Waals surface area contributed by atoms with Crippen LogP contribution in [0, 0.1) is 11.8 Å². The number of aromatic nitrogens is 2. The lowest BCUT2D eigenvalue weighted by molar-refractivity contribution is -0.0958. The molecule has 222 valence electrons. The molecule has 1 aliphatic heterocycles. The summed E-state index contributed by atoms with van der Waals surface area (Å²) < 4.78 is 24.6. The molecule has 5 rings (SSSR count). The first-order chi connectivity index (χ1) is 20.8. The van der Waals surface area contributed by atoms with Crippen LogP contribution in [0.25, 0.3) is 0 Å². The highest BCUT2D eigenvalue weighted by atomic mass is 16.6. The number of aliphatic hydroxyl groups is 2. The molecule has 0 aliphatic carbocycles. The van der Waals surface area contributed by atoms with Crippen LogP contribution in [0.1, 0.15) is 35.4 Å². The summed E-state index contributed by atoms with van der Waals surface area (Å²) >= 11 is 0. The van der Waals surface area contributed by atoms with E-state index in [0.717, 1.165) is 21.3 Å². The van der Waals surface area contributed by atoms with Crippen LogP contribution < -0.4 is 20.7 Å². The van der Waals surface area contributed by atoms with Gasteiger partial charge in [-0.25, -0.2) is 4.79 Å². The Bertz CT molecular complexity index is 1670. The van der Waals surface area contributed by atoms with Gasteiger partial charge in [0.1, 0.15) is 41.0 Å². The van der Waals surface area contributed by atoms with Crippen LogP contribution in [0.4, 0.5) is 0 Å². The van der Waals surface area contributed by atoms with E-state index in [1.165, 1.54) is 6.20 Å². The lowest BCUT2D eigenvalue weighted by atomic mass is 9.80. The van der Waals surface area contributed by atoms with Crippen molar-refractivity contribution in [1.29, 1.82) is 0 Å². The number of methoxy groups -OCH3 is 2. The largest absolute Gasteiger partial charge is 0.497 e. The summed E-state index contributed by atoms with van der Waals surface area (Å²) in [5, 5.41) is 22.0. The Morgan fingerprint density at radius 3 is 1.95 bits per heavy atom. The highest BCUT2D eigenvalue weighted by Crippen LogP contribution is 2.42. The molecule has 1 saturated heterocycles. The molecule has 0 amide bonds. The third kappa shape index (κ3) is 5.71. The zero-order chi connectivity index (χ0) is 30.6. The fourth-order valence-corrected chi connectivity index (χ4v) is 5.28. The van der Waals surface area contributed by atoms with Crippen LogP contribution in [0.5, 0.6) is 11.5 Å². The highest BCUT2D eigenvalue weighted by Gasteiger charge is 2.46. The van der Waals surface area contributed by atoms with Gasteiger partial charge in [-0.15, -0.1) is 5.92 Å². The van der Waals surface area contributed by atoms with Gasteiger partial charge in [-0.05, 0) is 47.9 Å². The van der Waals surface area contributed by atoms with Crippen LogP contribution in [0.2, 0.25) is 0 Å². The Morgan fingerprint density at radius 1 is 0.860 bits per heavy atom. The van der Waals surface area contributed by atoms with Gasteiger partial charge in [-0.1, -0.05) is 60.5 Å². The number of aromatic amines is 1. The molecule has 0 bridgehead atoms. The standard InChI is InChI=1S/C33H32N2O8/c1-4-8-21-19-35(32(39)34-30(21)38)31-29(37)28(36)27(43-31)20-42-33(22-9-6-5-7-10-22,23-11-15-25(40-2)16-12-23)24-13-17-26(41-3)18-14-24/h5-7,9-19,27-29,31,36-37H,20H2,1-3H3,(H,34,38,39)/t27-,28-,29-,31-/m1/s1. The monoisotopic (exact) mass is 584 g/mol. The number of ether oxygens (including phenoxy) is 4. The topological polar surface area (TPSA) is 132 Å². The molecule has 1 fully saturated rings. The number of rotatable bonds is 9. The number of nitrogens with one attached hydrogen (secondary N) is 1. The minimum absolute atomic E-state index is 0.0224. The van der Waals surface area contributed by atoms with E-state index in [0.29, 0.717) is 11.5 Å². The van der Waals surface area contributed by atoms with Gasteiger partial charge >= 0.3 is 5.69 Å². The van der Waals surface area contributed by atoms with E-state index in [1.807, 2.05) is 78.9 Å². The van der Waals surface area contributed by atoms with Crippen molar-refractivity contribution >= 4 is 0 Å². The molecule has 10 nitrogen and oxygen atoms in total. The average molecular weight is 585 g/mol. The van der Waals surface area contributed by atoms with E-state index in [9.17, 15) is 19.8 Å². The molecule has 10 heteroatoms. The van der Waals surface area contributed by atoms with Gasteiger partial charge in [0.2, 0.25) is 0 Å². The first-order valence-electron chi connectivity index (χ1n) is 13.6.